The molecule has 0 fully saturated rings. The minimum Gasteiger partial charge on any atom is -0.398 e. The lowest BCUT2D eigenvalue weighted by Crippen LogP contribution is -2.02. The topological polar surface area (TPSA) is 60.4 Å². The number of ketones is 1. The first-order valence-corrected chi connectivity index (χ1v) is 6.70. The molecule has 21 heavy (non-hydrogen) atoms. The zero-order chi connectivity index (χ0) is 14.7. The van der Waals surface area contributed by atoms with E-state index in [-0.39, 0.29) is 5.78 Å². The van der Waals surface area contributed by atoms with Crippen LogP contribution >= 0.6 is 0 Å². The van der Waals surface area contributed by atoms with Crippen molar-refractivity contribution in [2.24, 2.45) is 0 Å². The summed E-state index contributed by atoms with van der Waals surface area (Å²) in [5.41, 5.74) is 9.08. The van der Waals surface area contributed by atoms with Gasteiger partial charge in [0.1, 0.15) is 5.65 Å². The first-order chi connectivity index (χ1) is 10.2. The minimum atomic E-state index is 0.0128. The molecule has 3 aromatic rings. The summed E-state index contributed by atoms with van der Waals surface area (Å²) in [6.07, 6.45) is 7.32. The maximum Gasteiger partial charge on any atom is 0.160 e. The summed E-state index contributed by atoms with van der Waals surface area (Å²) in [5.74, 6) is 0.0128. The second-order valence-electron chi connectivity index (χ2n) is 4.79. The van der Waals surface area contributed by atoms with Crippen molar-refractivity contribution in [2.45, 2.75) is 6.42 Å². The maximum absolute atomic E-state index is 12.0. The second-order valence-corrected chi connectivity index (χ2v) is 4.79. The van der Waals surface area contributed by atoms with E-state index in [0.717, 1.165) is 16.9 Å². The van der Waals surface area contributed by atoms with E-state index in [9.17, 15) is 4.79 Å². The number of para-hydroxylation sites is 1. The van der Waals surface area contributed by atoms with Gasteiger partial charge in [-0.2, -0.15) is 0 Å². The molecule has 2 heterocycles. The molecule has 0 atom stereocenters. The highest BCUT2D eigenvalue weighted by Gasteiger charge is 2.04. The Balaban J connectivity index is 1.77. The zero-order valence-corrected chi connectivity index (χ0v) is 11.4. The van der Waals surface area contributed by atoms with Gasteiger partial charge in [-0.15, -0.1) is 0 Å². The highest BCUT2D eigenvalue weighted by atomic mass is 16.1. The van der Waals surface area contributed by atoms with Gasteiger partial charge in [-0.3, -0.25) is 4.79 Å². The molecule has 3 rings (SSSR count). The Morgan fingerprint density at radius 3 is 2.86 bits per heavy atom. The monoisotopic (exact) mass is 277 g/mol. The number of carbonyl (C=O) groups is 1. The normalized spacial score (nSPS) is 11.2. The van der Waals surface area contributed by atoms with Gasteiger partial charge in [-0.25, -0.2) is 4.98 Å². The molecule has 0 saturated heterocycles. The number of anilines is 1. The zero-order valence-electron chi connectivity index (χ0n) is 11.4. The van der Waals surface area contributed by atoms with Crippen molar-refractivity contribution < 1.29 is 4.79 Å². The minimum absolute atomic E-state index is 0.0128. The number of carbonyl (C=O) groups excluding carboxylic acids is 1. The predicted octanol–water partition coefficient (Wildman–Crippen LogP) is 2.74. The fourth-order valence-electron chi connectivity index (χ4n) is 2.20. The number of fused-ring (bicyclic) bond motifs is 1. The number of pyridine rings is 1. The average Bonchev–Trinajstić information content (AvgIpc) is 2.91. The molecule has 0 bridgehead atoms. The number of nitrogen functional groups attached to an aromatic ring is 1. The maximum atomic E-state index is 12.0. The number of aromatic nitrogens is 2. The van der Waals surface area contributed by atoms with Crippen molar-refractivity contribution in [3.63, 3.8) is 0 Å². The van der Waals surface area contributed by atoms with Gasteiger partial charge < -0.3 is 10.1 Å². The summed E-state index contributed by atoms with van der Waals surface area (Å²) in [6, 6.07) is 13.2. The lowest BCUT2D eigenvalue weighted by atomic mass is 10.1. The fourth-order valence-corrected chi connectivity index (χ4v) is 2.20. The van der Waals surface area contributed by atoms with Crippen LogP contribution < -0.4 is 5.73 Å². The third-order valence-electron chi connectivity index (χ3n) is 3.31. The Hall–Kier alpha value is -2.88. The smallest absolute Gasteiger partial charge is 0.160 e. The number of nitrogens with zero attached hydrogens (tertiary/aromatic N) is 2. The number of hydrogen-bond acceptors (Lipinski definition) is 3. The number of hydrogen-bond donors (Lipinski definition) is 1. The van der Waals surface area contributed by atoms with Crippen LogP contribution in [0.3, 0.4) is 0 Å². The van der Waals surface area contributed by atoms with Gasteiger partial charge in [-0.05, 0) is 35.9 Å². The van der Waals surface area contributed by atoms with Gasteiger partial charge >= 0.3 is 0 Å². The van der Waals surface area contributed by atoms with E-state index in [1.165, 1.54) is 0 Å². The van der Waals surface area contributed by atoms with E-state index in [2.05, 4.69) is 4.98 Å². The number of nitrogens with two attached hydrogens (primary N) is 1. The molecule has 0 radical (unpaired) electrons. The summed E-state index contributed by atoms with van der Waals surface area (Å²) < 4.78 is 1.93. The fraction of sp³-hybridized carbons (Fsp3) is 0.0588. The van der Waals surface area contributed by atoms with E-state index in [1.54, 1.807) is 24.4 Å². The van der Waals surface area contributed by atoms with Crippen molar-refractivity contribution in [1.82, 2.24) is 9.38 Å². The molecular formula is C17H15N3O. The van der Waals surface area contributed by atoms with Crippen LogP contribution in [-0.4, -0.2) is 15.2 Å². The lowest BCUT2D eigenvalue weighted by Gasteiger charge is -2.01. The molecule has 0 unspecified atom stereocenters. The first kappa shape index (κ1) is 13.1. The molecule has 0 spiro atoms. The average molecular weight is 277 g/mol. The molecule has 0 aliphatic carbocycles. The van der Waals surface area contributed by atoms with Gasteiger partial charge in [0.15, 0.2) is 5.78 Å². The molecule has 0 aliphatic rings. The highest BCUT2D eigenvalue weighted by molar-refractivity contribution is 5.95. The van der Waals surface area contributed by atoms with Crippen molar-refractivity contribution >= 4 is 23.2 Å². The third-order valence-corrected chi connectivity index (χ3v) is 3.31. The quantitative estimate of drug-likeness (QED) is 0.589. The molecule has 0 saturated carbocycles. The van der Waals surface area contributed by atoms with Gasteiger partial charge in [0.2, 0.25) is 0 Å². The van der Waals surface area contributed by atoms with Crippen LogP contribution in [0.25, 0.3) is 11.7 Å². The summed E-state index contributed by atoms with van der Waals surface area (Å²) in [7, 11) is 0. The molecule has 104 valence electrons. The Bertz CT molecular complexity index is 818. The van der Waals surface area contributed by atoms with E-state index in [4.69, 9.17) is 5.73 Å². The number of benzene rings is 1. The van der Waals surface area contributed by atoms with E-state index in [1.807, 2.05) is 47.0 Å². The van der Waals surface area contributed by atoms with Crippen LogP contribution in [0.4, 0.5) is 5.69 Å². The summed E-state index contributed by atoms with van der Waals surface area (Å²) >= 11 is 0. The van der Waals surface area contributed by atoms with Crippen LogP contribution in [0.2, 0.25) is 0 Å². The lowest BCUT2D eigenvalue weighted by molar-refractivity contribution is -0.113. The van der Waals surface area contributed by atoms with Gasteiger partial charge in [0.25, 0.3) is 0 Å². The predicted molar refractivity (Wildman–Crippen MR) is 83.8 cm³/mol. The van der Waals surface area contributed by atoms with Crippen molar-refractivity contribution in [2.75, 3.05) is 5.73 Å². The summed E-state index contributed by atoms with van der Waals surface area (Å²) in [4.78, 5) is 16.3. The Morgan fingerprint density at radius 2 is 2.00 bits per heavy atom. The first-order valence-electron chi connectivity index (χ1n) is 6.70. The summed E-state index contributed by atoms with van der Waals surface area (Å²) in [6.45, 7) is 0. The Kier molecular flexibility index (Phi) is 3.51. The molecule has 0 amide bonds. The summed E-state index contributed by atoms with van der Waals surface area (Å²) in [5, 5.41) is 0. The molecule has 2 N–H and O–H groups in total. The van der Waals surface area contributed by atoms with Crippen LogP contribution in [0.5, 0.6) is 0 Å². The molecule has 4 nitrogen and oxygen atoms in total. The molecule has 2 aromatic heterocycles. The van der Waals surface area contributed by atoms with Crippen LogP contribution in [0.1, 0.15) is 11.3 Å². The largest absolute Gasteiger partial charge is 0.398 e. The standard InChI is InChI=1S/C17H15N3O/c18-16-6-2-1-5-13(16)11-15(21)9-8-14-12-19-17-7-3-4-10-20(14)17/h1-10,12H,11,18H2/b9-8+. The van der Waals surface area contributed by atoms with Crippen molar-refractivity contribution in [1.29, 1.82) is 0 Å². The Labute approximate surface area is 122 Å². The van der Waals surface area contributed by atoms with E-state index >= 15 is 0 Å². The second kappa shape index (κ2) is 5.63. The number of imidazole rings is 1. The number of allylic oxidation sites excluding steroid dienone is 1. The van der Waals surface area contributed by atoms with E-state index in [0.29, 0.717) is 12.1 Å². The van der Waals surface area contributed by atoms with E-state index < -0.39 is 0 Å². The van der Waals surface area contributed by atoms with Crippen LogP contribution in [0, 0.1) is 0 Å². The highest BCUT2D eigenvalue weighted by Crippen LogP contribution is 2.12. The molecule has 4 heteroatoms. The van der Waals surface area contributed by atoms with Gasteiger partial charge in [0.05, 0.1) is 11.9 Å². The van der Waals surface area contributed by atoms with Crippen molar-refractivity contribution in [3.05, 3.63) is 72.2 Å². The van der Waals surface area contributed by atoms with Gasteiger partial charge in [0, 0.05) is 18.3 Å². The third kappa shape index (κ3) is 2.84. The van der Waals surface area contributed by atoms with Crippen molar-refractivity contribution in [3.8, 4) is 0 Å². The molecule has 1 aromatic carbocycles. The molecular weight excluding hydrogens is 262 g/mol. The van der Waals surface area contributed by atoms with Crippen LogP contribution in [0.15, 0.2) is 60.9 Å². The SMILES string of the molecule is Nc1ccccc1CC(=O)/C=C/c1cnc2ccccn12. The van der Waals surface area contributed by atoms with Gasteiger partial charge in [-0.1, -0.05) is 24.3 Å². The Morgan fingerprint density at radius 1 is 1.19 bits per heavy atom. The molecule has 0 aliphatic heterocycles. The number of rotatable bonds is 4. The van der Waals surface area contributed by atoms with Crippen LogP contribution in [-0.2, 0) is 11.2 Å².